The van der Waals surface area contributed by atoms with E-state index in [0.29, 0.717) is 13.1 Å². The number of hydrogen-bond donors (Lipinski definition) is 0. The number of benzene rings is 1. The van der Waals surface area contributed by atoms with Crippen molar-refractivity contribution in [2.24, 2.45) is 0 Å². The second-order valence-electron chi connectivity index (χ2n) is 3.79. The molecule has 1 aliphatic heterocycles. The third-order valence-corrected chi connectivity index (χ3v) is 3.13. The highest BCUT2D eigenvalue weighted by Crippen LogP contribution is 2.18. The van der Waals surface area contributed by atoms with Crippen LogP contribution in [0.1, 0.15) is 11.1 Å². The Bertz CT molecular complexity index is 425. The van der Waals surface area contributed by atoms with Crippen molar-refractivity contribution in [3.05, 3.63) is 45.2 Å². The van der Waals surface area contributed by atoms with Crippen LogP contribution in [0, 0.1) is 6.92 Å². The standard InChI is InChI=1S/C12H12INO2/c1-9-2-4-10(5-3-9)7-14-8-11(6-13)16-12(14)15/h2-6H,7-8H2,1H3. The molecule has 1 aromatic carbocycles. The second kappa shape index (κ2) is 4.86. The van der Waals surface area contributed by atoms with Gasteiger partial charge < -0.3 is 4.74 Å². The fourth-order valence-electron chi connectivity index (χ4n) is 1.55. The van der Waals surface area contributed by atoms with Crippen molar-refractivity contribution >= 4 is 28.7 Å². The third kappa shape index (κ3) is 2.55. The Balaban J connectivity index is 2.05. The Morgan fingerprint density at radius 3 is 2.69 bits per heavy atom. The Hall–Kier alpha value is -1.04. The summed E-state index contributed by atoms with van der Waals surface area (Å²) in [7, 11) is 0. The van der Waals surface area contributed by atoms with E-state index < -0.39 is 0 Å². The lowest BCUT2D eigenvalue weighted by atomic mass is 10.1. The molecule has 0 radical (unpaired) electrons. The zero-order valence-electron chi connectivity index (χ0n) is 8.94. The van der Waals surface area contributed by atoms with E-state index in [0.717, 1.165) is 11.3 Å². The summed E-state index contributed by atoms with van der Waals surface area (Å²) in [5.41, 5.74) is 2.35. The van der Waals surface area contributed by atoms with Crippen LogP contribution >= 0.6 is 22.6 Å². The van der Waals surface area contributed by atoms with Crippen molar-refractivity contribution < 1.29 is 9.53 Å². The van der Waals surface area contributed by atoms with Gasteiger partial charge in [0.25, 0.3) is 0 Å². The van der Waals surface area contributed by atoms with Gasteiger partial charge in [-0.25, -0.2) is 4.79 Å². The van der Waals surface area contributed by atoms with Crippen LogP contribution in [0.4, 0.5) is 4.79 Å². The fraction of sp³-hybridized carbons (Fsp3) is 0.250. The molecular weight excluding hydrogens is 317 g/mol. The van der Waals surface area contributed by atoms with E-state index in [1.165, 1.54) is 5.56 Å². The van der Waals surface area contributed by atoms with Gasteiger partial charge in [-0.2, -0.15) is 0 Å². The van der Waals surface area contributed by atoms with Crippen LogP contribution in [0.3, 0.4) is 0 Å². The number of cyclic esters (lactones) is 1. The zero-order chi connectivity index (χ0) is 11.5. The normalized spacial score (nSPS) is 18.0. The van der Waals surface area contributed by atoms with Crippen LogP contribution in [0.2, 0.25) is 0 Å². The number of nitrogens with zero attached hydrogens (tertiary/aromatic N) is 1. The van der Waals surface area contributed by atoms with E-state index in [1.807, 2.05) is 31.2 Å². The molecular formula is C12H12INO2. The summed E-state index contributed by atoms with van der Waals surface area (Å²) in [5, 5.41) is 0. The first-order chi connectivity index (χ1) is 7.69. The van der Waals surface area contributed by atoms with Gasteiger partial charge in [0.05, 0.1) is 6.54 Å². The van der Waals surface area contributed by atoms with Gasteiger partial charge in [0.2, 0.25) is 0 Å². The number of aryl methyl sites for hydroxylation is 1. The van der Waals surface area contributed by atoms with Crippen molar-refractivity contribution in [2.45, 2.75) is 13.5 Å². The quantitative estimate of drug-likeness (QED) is 0.780. The maximum Gasteiger partial charge on any atom is 0.415 e. The van der Waals surface area contributed by atoms with Crippen LogP contribution in [0.25, 0.3) is 0 Å². The van der Waals surface area contributed by atoms with Gasteiger partial charge in [-0.15, -0.1) is 0 Å². The molecule has 1 amide bonds. The van der Waals surface area contributed by atoms with E-state index >= 15 is 0 Å². The molecule has 84 valence electrons. The maximum absolute atomic E-state index is 11.5. The van der Waals surface area contributed by atoms with Crippen LogP contribution in [-0.2, 0) is 11.3 Å². The summed E-state index contributed by atoms with van der Waals surface area (Å²) < 4.78 is 6.86. The summed E-state index contributed by atoms with van der Waals surface area (Å²) in [6, 6.07) is 8.17. The molecule has 1 saturated heterocycles. The Labute approximate surface area is 108 Å². The maximum atomic E-state index is 11.5. The Morgan fingerprint density at radius 1 is 1.44 bits per heavy atom. The summed E-state index contributed by atoms with van der Waals surface area (Å²) in [6.45, 7) is 3.22. The minimum absolute atomic E-state index is 0.261. The van der Waals surface area contributed by atoms with Crippen LogP contribution in [0.15, 0.2) is 34.1 Å². The molecule has 4 heteroatoms. The first-order valence-electron chi connectivity index (χ1n) is 5.00. The highest BCUT2D eigenvalue weighted by molar-refractivity contribution is 14.1. The molecule has 3 nitrogen and oxygen atoms in total. The van der Waals surface area contributed by atoms with E-state index in [2.05, 4.69) is 22.6 Å². The molecule has 0 saturated carbocycles. The topological polar surface area (TPSA) is 29.5 Å². The van der Waals surface area contributed by atoms with Gasteiger partial charge in [-0.3, -0.25) is 4.90 Å². The molecule has 0 unspecified atom stereocenters. The van der Waals surface area contributed by atoms with E-state index in [4.69, 9.17) is 4.74 Å². The van der Waals surface area contributed by atoms with Crippen LogP contribution in [0.5, 0.6) is 0 Å². The van der Waals surface area contributed by atoms with Crippen LogP contribution < -0.4 is 0 Å². The highest BCUT2D eigenvalue weighted by atomic mass is 127. The number of carbonyl (C=O) groups excluding carboxylic acids is 1. The molecule has 0 spiro atoms. The lowest BCUT2D eigenvalue weighted by molar-refractivity contribution is 0.167. The average molecular weight is 329 g/mol. The van der Waals surface area contributed by atoms with Gasteiger partial charge in [0, 0.05) is 10.6 Å². The van der Waals surface area contributed by atoms with Gasteiger partial charge in [0.1, 0.15) is 5.76 Å². The van der Waals surface area contributed by atoms with Gasteiger partial charge in [-0.1, -0.05) is 29.8 Å². The van der Waals surface area contributed by atoms with Crippen LogP contribution in [-0.4, -0.2) is 17.5 Å². The van der Waals surface area contributed by atoms with E-state index in [9.17, 15) is 4.79 Å². The summed E-state index contributed by atoms with van der Waals surface area (Å²) >= 11 is 2.08. The number of carbonyl (C=O) groups is 1. The van der Waals surface area contributed by atoms with Crippen molar-refractivity contribution in [3.63, 3.8) is 0 Å². The van der Waals surface area contributed by atoms with Crippen molar-refractivity contribution in [2.75, 3.05) is 6.54 Å². The zero-order valence-corrected chi connectivity index (χ0v) is 11.1. The molecule has 1 aromatic rings. The largest absolute Gasteiger partial charge is 0.415 e. The molecule has 1 heterocycles. The molecule has 0 atom stereocenters. The minimum Gasteiger partial charge on any atom is -0.412 e. The summed E-state index contributed by atoms with van der Waals surface area (Å²) in [4.78, 5) is 13.2. The first-order valence-corrected chi connectivity index (χ1v) is 6.25. The lowest BCUT2D eigenvalue weighted by Gasteiger charge is -2.11. The van der Waals surface area contributed by atoms with Crippen molar-refractivity contribution in [1.82, 2.24) is 4.90 Å². The van der Waals surface area contributed by atoms with Gasteiger partial charge in [0.15, 0.2) is 0 Å². The summed E-state index contributed by atoms with van der Waals surface area (Å²) in [5.74, 6) is 0.720. The van der Waals surface area contributed by atoms with E-state index in [-0.39, 0.29) is 6.09 Å². The number of halogens is 1. The highest BCUT2D eigenvalue weighted by Gasteiger charge is 2.26. The smallest absolute Gasteiger partial charge is 0.412 e. The lowest BCUT2D eigenvalue weighted by Crippen LogP contribution is -2.23. The molecule has 0 bridgehead atoms. The molecule has 0 N–H and O–H groups in total. The average Bonchev–Trinajstić information content (AvgIpc) is 2.63. The predicted octanol–water partition coefficient (Wildman–Crippen LogP) is 3.22. The molecule has 0 aromatic heterocycles. The number of hydrogen-bond acceptors (Lipinski definition) is 2. The predicted molar refractivity (Wildman–Crippen MR) is 70.2 cm³/mol. The third-order valence-electron chi connectivity index (χ3n) is 2.44. The first kappa shape index (κ1) is 11.4. The number of ether oxygens (including phenoxy) is 1. The second-order valence-corrected chi connectivity index (χ2v) is 4.41. The van der Waals surface area contributed by atoms with Crippen molar-refractivity contribution in [3.8, 4) is 0 Å². The van der Waals surface area contributed by atoms with Gasteiger partial charge in [-0.05, 0) is 35.1 Å². The molecule has 0 aliphatic carbocycles. The molecule has 16 heavy (non-hydrogen) atoms. The SMILES string of the molecule is Cc1ccc(CN2CC(=CI)OC2=O)cc1. The fourth-order valence-corrected chi connectivity index (χ4v) is 1.88. The van der Waals surface area contributed by atoms with Gasteiger partial charge >= 0.3 is 6.09 Å². The number of amides is 1. The summed E-state index contributed by atoms with van der Waals surface area (Å²) in [6.07, 6.45) is -0.261. The minimum atomic E-state index is -0.261. The molecule has 2 rings (SSSR count). The van der Waals surface area contributed by atoms with Crippen molar-refractivity contribution in [1.29, 1.82) is 0 Å². The number of rotatable bonds is 2. The molecule has 1 aliphatic rings. The Morgan fingerprint density at radius 2 is 2.12 bits per heavy atom. The Kier molecular flexibility index (Phi) is 3.48. The monoisotopic (exact) mass is 329 g/mol. The van der Waals surface area contributed by atoms with E-state index in [1.54, 1.807) is 8.98 Å². The molecule has 1 fully saturated rings.